The van der Waals surface area contributed by atoms with Gasteiger partial charge in [-0.25, -0.2) is 4.79 Å². The Morgan fingerprint density at radius 3 is 2.47 bits per heavy atom. The summed E-state index contributed by atoms with van der Waals surface area (Å²) >= 11 is 0. The van der Waals surface area contributed by atoms with E-state index in [1.54, 1.807) is 30.3 Å². The van der Waals surface area contributed by atoms with Gasteiger partial charge in [-0.2, -0.15) is 0 Å². The maximum Gasteiger partial charge on any atom is 0.336 e. The van der Waals surface area contributed by atoms with Gasteiger partial charge in [0.2, 0.25) is 5.91 Å². The van der Waals surface area contributed by atoms with E-state index < -0.39 is 5.97 Å². The highest BCUT2D eigenvalue weighted by molar-refractivity contribution is 6.20. The van der Waals surface area contributed by atoms with Crippen molar-refractivity contribution >= 4 is 17.4 Å². The molecule has 0 heterocycles. The number of hydrogen-bond donors (Lipinski definition) is 2. The smallest absolute Gasteiger partial charge is 0.336 e. The van der Waals surface area contributed by atoms with Crippen LogP contribution >= 0.6 is 0 Å². The number of carboxylic acid groups (broad SMARTS) is 1. The quantitative estimate of drug-likeness (QED) is 0.760. The Hall–Kier alpha value is -2.10. The molecule has 0 aliphatic carbocycles. The zero-order valence-corrected chi connectivity index (χ0v) is 9.64. The Morgan fingerprint density at radius 2 is 1.94 bits per heavy atom. The molecule has 0 spiro atoms. The lowest BCUT2D eigenvalue weighted by Crippen LogP contribution is -2.22. The van der Waals surface area contributed by atoms with Gasteiger partial charge in [0.1, 0.15) is 0 Å². The number of hydrogen-bond acceptors (Lipinski definition) is 2. The van der Waals surface area contributed by atoms with Gasteiger partial charge < -0.3 is 10.4 Å². The van der Waals surface area contributed by atoms with Crippen LogP contribution in [-0.4, -0.2) is 23.5 Å². The number of carbonyl (C=O) groups excluding carboxylic acids is 1. The molecular weight excluding hydrogens is 218 g/mol. The summed E-state index contributed by atoms with van der Waals surface area (Å²) in [4.78, 5) is 22.5. The molecular formula is C13H15NO3. The second-order valence-corrected chi connectivity index (χ2v) is 3.52. The first-order valence-electron chi connectivity index (χ1n) is 5.43. The third-order valence-corrected chi connectivity index (χ3v) is 2.14. The minimum absolute atomic E-state index is 0.000738. The third kappa shape index (κ3) is 4.10. The standard InChI is InChI=1S/C13H15NO3/c1-2-8-14-12(15)9-11(13(16)17)10-6-4-3-5-7-10/h3-7,9H,2,8H2,1H3,(H,14,15)(H,16,17)/b11-9-. The van der Waals surface area contributed by atoms with Crippen LogP contribution < -0.4 is 5.32 Å². The van der Waals surface area contributed by atoms with Crippen LogP contribution in [-0.2, 0) is 9.59 Å². The molecule has 1 amide bonds. The fourth-order valence-corrected chi connectivity index (χ4v) is 1.32. The van der Waals surface area contributed by atoms with Crippen LogP contribution in [0.25, 0.3) is 5.57 Å². The van der Waals surface area contributed by atoms with Crippen molar-refractivity contribution in [2.75, 3.05) is 6.54 Å². The molecule has 0 unspecified atom stereocenters. The Morgan fingerprint density at radius 1 is 1.29 bits per heavy atom. The first-order valence-corrected chi connectivity index (χ1v) is 5.43. The fourth-order valence-electron chi connectivity index (χ4n) is 1.32. The maximum absolute atomic E-state index is 11.4. The Kier molecular flexibility index (Phi) is 4.94. The van der Waals surface area contributed by atoms with Crippen LogP contribution in [0.15, 0.2) is 36.4 Å². The Balaban J connectivity index is 2.91. The Labute approximate surface area is 100.0 Å². The van der Waals surface area contributed by atoms with E-state index in [-0.39, 0.29) is 11.5 Å². The number of amides is 1. The van der Waals surface area contributed by atoms with Crippen molar-refractivity contribution in [3.05, 3.63) is 42.0 Å². The summed E-state index contributed by atoms with van der Waals surface area (Å²) in [5.41, 5.74) is 0.519. The van der Waals surface area contributed by atoms with Crippen LogP contribution in [0.5, 0.6) is 0 Å². The first-order chi connectivity index (χ1) is 8.15. The van der Waals surface area contributed by atoms with Crippen molar-refractivity contribution in [1.82, 2.24) is 5.32 Å². The number of rotatable bonds is 5. The molecule has 0 aliphatic heterocycles. The normalized spacial score (nSPS) is 11.0. The topological polar surface area (TPSA) is 66.4 Å². The first kappa shape index (κ1) is 13.0. The van der Waals surface area contributed by atoms with Gasteiger partial charge in [0.25, 0.3) is 0 Å². The number of carboxylic acids is 1. The van der Waals surface area contributed by atoms with Gasteiger partial charge >= 0.3 is 5.97 Å². The van der Waals surface area contributed by atoms with Gasteiger partial charge in [0, 0.05) is 12.6 Å². The van der Waals surface area contributed by atoms with Gasteiger partial charge in [-0.3, -0.25) is 4.79 Å². The van der Waals surface area contributed by atoms with Crippen molar-refractivity contribution in [2.24, 2.45) is 0 Å². The molecule has 17 heavy (non-hydrogen) atoms. The monoisotopic (exact) mass is 233 g/mol. The van der Waals surface area contributed by atoms with Gasteiger partial charge in [0.05, 0.1) is 5.57 Å². The molecule has 0 atom stereocenters. The largest absolute Gasteiger partial charge is 0.478 e. The summed E-state index contributed by atoms with van der Waals surface area (Å²) in [5.74, 6) is -1.49. The highest BCUT2D eigenvalue weighted by Crippen LogP contribution is 2.13. The zero-order chi connectivity index (χ0) is 12.7. The molecule has 90 valence electrons. The lowest BCUT2D eigenvalue weighted by atomic mass is 10.1. The number of carbonyl (C=O) groups is 2. The molecule has 1 rings (SSSR count). The maximum atomic E-state index is 11.4. The lowest BCUT2D eigenvalue weighted by molar-refractivity contribution is -0.130. The van der Waals surface area contributed by atoms with Crippen molar-refractivity contribution < 1.29 is 14.7 Å². The van der Waals surface area contributed by atoms with E-state index in [4.69, 9.17) is 5.11 Å². The summed E-state index contributed by atoms with van der Waals surface area (Å²) < 4.78 is 0. The molecule has 4 heteroatoms. The van der Waals surface area contributed by atoms with E-state index in [0.29, 0.717) is 12.1 Å². The van der Waals surface area contributed by atoms with Gasteiger partial charge in [-0.1, -0.05) is 37.3 Å². The number of nitrogens with one attached hydrogen (secondary N) is 1. The number of benzene rings is 1. The van der Waals surface area contributed by atoms with E-state index in [1.165, 1.54) is 0 Å². The van der Waals surface area contributed by atoms with Crippen LogP contribution in [0.4, 0.5) is 0 Å². The third-order valence-electron chi connectivity index (χ3n) is 2.14. The summed E-state index contributed by atoms with van der Waals surface area (Å²) in [5, 5.41) is 11.7. The van der Waals surface area contributed by atoms with Crippen molar-refractivity contribution in [3.63, 3.8) is 0 Å². The predicted octanol–water partition coefficient (Wildman–Crippen LogP) is 1.68. The molecule has 0 aromatic heterocycles. The van der Waals surface area contributed by atoms with Gasteiger partial charge in [0.15, 0.2) is 0 Å². The van der Waals surface area contributed by atoms with E-state index >= 15 is 0 Å². The van der Waals surface area contributed by atoms with Crippen molar-refractivity contribution in [2.45, 2.75) is 13.3 Å². The van der Waals surface area contributed by atoms with Crippen LogP contribution in [0, 0.1) is 0 Å². The molecule has 0 saturated carbocycles. The highest BCUT2D eigenvalue weighted by atomic mass is 16.4. The SMILES string of the molecule is CCCNC(=O)/C=C(\C(=O)O)c1ccccc1. The van der Waals surface area contributed by atoms with E-state index in [1.807, 2.05) is 6.92 Å². The molecule has 1 aromatic rings. The molecule has 0 bridgehead atoms. The average Bonchev–Trinajstić information content (AvgIpc) is 2.34. The molecule has 0 fully saturated rings. The second kappa shape index (κ2) is 6.48. The van der Waals surface area contributed by atoms with E-state index in [0.717, 1.165) is 12.5 Å². The highest BCUT2D eigenvalue weighted by Gasteiger charge is 2.11. The fraction of sp³-hybridized carbons (Fsp3) is 0.231. The van der Waals surface area contributed by atoms with E-state index in [9.17, 15) is 9.59 Å². The molecule has 0 saturated heterocycles. The zero-order valence-electron chi connectivity index (χ0n) is 9.64. The molecule has 1 aromatic carbocycles. The summed E-state index contributed by atoms with van der Waals surface area (Å²) in [7, 11) is 0. The van der Waals surface area contributed by atoms with Crippen molar-refractivity contribution in [1.29, 1.82) is 0 Å². The molecule has 2 N–H and O–H groups in total. The molecule has 4 nitrogen and oxygen atoms in total. The van der Waals surface area contributed by atoms with Crippen LogP contribution in [0.3, 0.4) is 0 Å². The summed E-state index contributed by atoms with van der Waals surface area (Å²) in [6.07, 6.45) is 1.93. The minimum Gasteiger partial charge on any atom is -0.478 e. The van der Waals surface area contributed by atoms with Gasteiger partial charge in [-0.15, -0.1) is 0 Å². The van der Waals surface area contributed by atoms with Crippen LogP contribution in [0.1, 0.15) is 18.9 Å². The van der Waals surface area contributed by atoms with Crippen molar-refractivity contribution in [3.8, 4) is 0 Å². The lowest BCUT2D eigenvalue weighted by Gasteiger charge is -2.03. The molecule has 0 aliphatic rings. The predicted molar refractivity (Wildman–Crippen MR) is 65.4 cm³/mol. The van der Waals surface area contributed by atoms with Crippen LogP contribution in [0.2, 0.25) is 0 Å². The molecule has 0 radical (unpaired) electrons. The summed E-state index contributed by atoms with van der Waals surface area (Å²) in [6.45, 7) is 2.47. The average molecular weight is 233 g/mol. The second-order valence-electron chi connectivity index (χ2n) is 3.52. The van der Waals surface area contributed by atoms with E-state index in [2.05, 4.69) is 5.32 Å². The van der Waals surface area contributed by atoms with Gasteiger partial charge in [-0.05, 0) is 12.0 Å². The summed E-state index contributed by atoms with van der Waals surface area (Å²) in [6, 6.07) is 8.58. The minimum atomic E-state index is -1.11. The number of aliphatic carboxylic acids is 1. The Bertz CT molecular complexity index is 424.